The van der Waals surface area contributed by atoms with E-state index >= 15 is 0 Å². The summed E-state index contributed by atoms with van der Waals surface area (Å²) in [5.41, 5.74) is 1.41. The van der Waals surface area contributed by atoms with Gasteiger partial charge in [-0.05, 0) is 53.9 Å². The van der Waals surface area contributed by atoms with Crippen LogP contribution >= 0.6 is 11.3 Å². The van der Waals surface area contributed by atoms with Gasteiger partial charge in [0.15, 0.2) is 0 Å². The van der Waals surface area contributed by atoms with E-state index in [0.717, 1.165) is 11.6 Å². The Morgan fingerprint density at radius 3 is 2.62 bits per heavy atom. The van der Waals surface area contributed by atoms with Gasteiger partial charge in [-0.15, -0.1) is 0 Å². The average molecular weight is 473 g/mol. The molecule has 0 fully saturated rings. The van der Waals surface area contributed by atoms with Crippen molar-refractivity contribution in [2.24, 2.45) is 0 Å². The van der Waals surface area contributed by atoms with Gasteiger partial charge in [0.25, 0.3) is 10.0 Å². The van der Waals surface area contributed by atoms with Crippen LogP contribution in [-0.2, 0) is 21.2 Å². The third kappa shape index (κ3) is 5.37. The summed E-state index contributed by atoms with van der Waals surface area (Å²) in [4.78, 5) is 16.5. The van der Waals surface area contributed by atoms with Gasteiger partial charge in [0.1, 0.15) is 5.82 Å². The highest BCUT2D eigenvalue weighted by Crippen LogP contribution is 2.20. The van der Waals surface area contributed by atoms with Crippen LogP contribution in [0, 0.1) is 5.82 Å². The number of sulfonamides is 1. The number of hydrogen-bond donors (Lipinski definition) is 2. The molecule has 0 aliphatic heterocycles. The van der Waals surface area contributed by atoms with Crippen molar-refractivity contribution in [2.75, 3.05) is 10.0 Å². The molecule has 32 heavy (non-hydrogen) atoms. The molecule has 0 unspecified atom stereocenters. The SMILES string of the molecule is O=C(CCc1nc(-c2ccsc2)no1)Nc1ccc(S(=O)(=O)Nc2cccc(F)c2)cc1. The Morgan fingerprint density at radius 1 is 1.09 bits per heavy atom. The van der Waals surface area contributed by atoms with Gasteiger partial charge >= 0.3 is 0 Å². The summed E-state index contributed by atoms with van der Waals surface area (Å²) in [6, 6.07) is 12.7. The molecule has 164 valence electrons. The minimum absolute atomic E-state index is 0.0217. The maximum absolute atomic E-state index is 13.3. The number of carbonyl (C=O) groups is 1. The first kappa shape index (κ1) is 21.7. The van der Waals surface area contributed by atoms with Gasteiger partial charge in [0, 0.05) is 29.5 Å². The zero-order valence-corrected chi connectivity index (χ0v) is 18.1. The Kier molecular flexibility index (Phi) is 6.28. The van der Waals surface area contributed by atoms with Gasteiger partial charge < -0.3 is 9.84 Å². The Morgan fingerprint density at radius 2 is 1.91 bits per heavy atom. The fraction of sp³-hybridized carbons (Fsp3) is 0.0952. The first-order chi connectivity index (χ1) is 15.4. The quantitative estimate of drug-likeness (QED) is 0.395. The molecule has 11 heteroatoms. The van der Waals surface area contributed by atoms with Gasteiger partial charge in [0.2, 0.25) is 17.6 Å². The maximum Gasteiger partial charge on any atom is 0.261 e. The molecule has 4 aromatic rings. The van der Waals surface area contributed by atoms with Crippen LogP contribution in [0.2, 0.25) is 0 Å². The third-order valence-corrected chi connectivity index (χ3v) is 6.42. The van der Waals surface area contributed by atoms with Crippen molar-refractivity contribution >= 4 is 38.6 Å². The first-order valence-electron chi connectivity index (χ1n) is 9.42. The van der Waals surface area contributed by atoms with Crippen molar-refractivity contribution < 1.29 is 22.1 Å². The molecule has 2 heterocycles. The molecule has 0 radical (unpaired) electrons. The van der Waals surface area contributed by atoms with Crippen LogP contribution in [0.5, 0.6) is 0 Å². The van der Waals surface area contributed by atoms with Gasteiger partial charge in [-0.2, -0.15) is 16.3 Å². The molecule has 0 saturated heterocycles. The molecule has 4 rings (SSSR count). The number of carbonyl (C=O) groups excluding carboxylic acids is 1. The van der Waals surface area contributed by atoms with Gasteiger partial charge in [-0.3, -0.25) is 9.52 Å². The van der Waals surface area contributed by atoms with E-state index in [1.807, 2.05) is 16.8 Å². The number of benzene rings is 2. The standard InChI is InChI=1S/C21H17FN4O4S2/c22-15-2-1-3-17(12-15)26-32(28,29)18-6-4-16(5-7-18)23-19(27)8-9-20-24-21(25-30-20)14-10-11-31-13-14/h1-7,10-13,26H,8-9H2,(H,23,27). The van der Waals surface area contributed by atoms with Crippen molar-refractivity contribution in [3.63, 3.8) is 0 Å². The van der Waals surface area contributed by atoms with E-state index < -0.39 is 15.8 Å². The van der Waals surface area contributed by atoms with E-state index in [0.29, 0.717) is 17.4 Å². The van der Waals surface area contributed by atoms with Crippen LogP contribution < -0.4 is 10.0 Å². The second-order valence-corrected chi connectivity index (χ2v) is 9.17. The second-order valence-electron chi connectivity index (χ2n) is 6.71. The zero-order chi connectivity index (χ0) is 22.6. The van der Waals surface area contributed by atoms with Gasteiger partial charge in [-0.1, -0.05) is 11.2 Å². The Labute approximate surface area is 187 Å². The molecular formula is C21H17FN4O4S2. The normalized spacial score (nSPS) is 11.3. The number of rotatable bonds is 8. The number of aryl methyl sites for hydroxylation is 1. The molecule has 0 saturated carbocycles. The summed E-state index contributed by atoms with van der Waals surface area (Å²) < 4.78 is 45.6. The van der Waals surface area contributed by atoms with E-state index in [1.165, 1.54) is 53.8 Å². The van der Waals surface area contributed by atoms with Crippen molar-refractivity contribution in [1.82, 2.24) is 10.1 Å². The van der Waals surface area contributed by atoms with Crippen LogP contribution in [0.15, 0.2) is 74.8 Å². The number of nitrogens with zero attached hydrogens (tertiary/aromatic N) is 2. The number of anilines is 2. The third-order valence-electron chi connectivity index (χ3n) is 4.34. The molecule has 8 nitrogen and oxygen atoms in total. The number of amides is 1. The van der Waals surface area contributed by atoms with Crippen LogP contribution in [-0.4, -0.2) is 24.5 Å². The molecule has 0 aliphatic rings. The summed E-state index contributed by atoms with van der Waals surface area (Å²) >= 11 is 1.52. The molecule has 0 aliphatic carbocycles. The minimum atomic E-state index is -3.89. The van der Waals surface area contributed by atoms with E-state index in [-0.39, 0.29) is 29.3 Å². The predicted octanol–water partition coefficient (Wildman–Crippen LogP) is 4.31. The number of hydrogen-bond acceptors (Lipinski definition) is 7. The largest absolute Gasteiger partial charge is 0.339 e. The fourth-order valence-corrected chi connectivity index (χ4v) is 4.48. The molecule has 0 spiro atoms. The lowest BCUT2D eigenvalue weighted by Gasteiger charge is -2.09. The fourth-order valence-electron chi connectivity index (χ4n) is 2.79. The van der Waals surface area contributed by atoms with Crippen LogP contribution in [0.3, 0.4) is 0 Å². The lowest BCUT2D eigenvalue weighted by molar-refractivity contribution is -0.116. The molecular weight excluding hydrogens is 455 g/mol. The highest BCUT2D eigenvalue weighted by molar-refractivity contribution is 7.92. The highest BCUT2D eigenvalue weighted by Gasteiger charge is 2.15. The predicted molar refractivity (Wildman–Crippen MR) is 118 cm³/mol. The molecule has 2 aromatic carbocycles. The topological polar surface area (TPSA) is 114 Å². The first-order valence-corrected chi connectivity index (χ1v) is 11.9. The Hall–Kier alpha value is -3.57. The van der Waals surface area contributed by atoms with E-state index in [9.17, 15) is 17.6 Å². The van der Waals surface area contributed by atoms with E-state index in [4.69, 9.17) is 4.52 Å². The Balaban J connectivity index is 1.32. The molecule has 2 N–H and O–H groups in total. The molecule has 2 aromatic heterocycles. The van der Waals surface area contributed by atoms with Crippen molar-refractivity contribution in [3.05, 3.63) is 77.1 Å². The molecule has 0 atom stereocenters. The van der Waals surface area contributed by atoms with Gasteiger partial charge in [-0.25, -0.2) is 12.8 Å². The minimum Gasteiger partial charge on any atom is -0.339 e. The lowest BCUT2D eigenvalue weighted by atomic mass is 10.2. The van der Waals surface area contributed by atoms with E-state index in [1.54, 1.807) is 0 Å². The molecule has 1 amide bonds. The zero-order valence-electron chi connectivity index (χ0n) is 16.5. The number of thiophene rings is 1. The highest BCUT2D eigenvalue weighted by atomic mass is 32.2. The van der Waals surface area contributed by atoms with Crippen LogP contribution in [0.1, 0.15) is 12.3 Å². The van der Waals surface area contributed by atoms with Crippen LogP contribution in [0.4, 0.5) is 15.8 Å². The number of aromatic nitrogens is 2. The monoisotopic (exact) mass is 472 g/mol. The van der Waals surface area contributed by atoms with E-state index in [2.05, 4.69) is 20.2 Å². The smallest absolute Gasteiger partial charge is 0.261 e. The number of nitrogens with one attached hydrogen (secondary N) is 2. The van der Waals surface area contributed by atoms with Crippen LogP contribution in [0.25, 0.3) is 11.4 Å². The van der Waals surface area contributed by atoms with Crippen molar-refractivity contribution in [2.45, 2.75) is 17.7 Å². The lowest BCUT2D eigenvalue weighted by Crippen LogP contribution is -2.14. The Bertz CT molecular complexity index is 1320. The maximum atomic E-state index is 13.3. The molecule has 0 bridgehead atoms. The summed E-state index contributed by atoms with van der Waals surface area (Å²) in [5, 5.41) is 10.4. The summed E-state index contributed by atoms with van der Waals surface area (Å²) in [5.74, 6) is -0.00299. The second kappa shape index (κ2) is 9.28. The van der Waals surface area contributed by atoms with Crippen molar-refractivity contribution in [3.8, 4) is 11.4 Å². The van der Waals surface area contributed by atoms with Crippen molar-refractivity contribution in [1.29, 1.82) is 0 Å². The average Bonchev–Trinajstić information content (AvgIpc) is 3.44. The summed E-state index contributed by atoms with van der Waals surface area (Å²) in [6.45, 7) is 0. The summed E-state index contributed by atoms with van der Waals surface area (Å²) in [6.07, 6.45) is 0.388. The summed E-state index contributed by atoms with van der Waals surface area (Å²) in [7, 11) is -3.89. The van der Waals surface area contributed by atoms with Gasteiger partial charge in [0.05, 0.1) is 10.6 Å². The number of halogens is 1.